The number of carbonyl (C=O) groups is 1. The fourth-order valence-electron chi connectivity index (χ4n) is 3.70. The predicted octanol–water partition coefficient (Wildman–Crippen LogP) is 1.28. The number of nitrogens with zero attached hydrogens (tertiary/aromatic N) is 1. The number of hydrogen-bond donors (Lipinski definition) is 2. The number of nitrogen functional groups attached to an aromatic ring is 1. The molecule has 0 unspecified atom stereocenters. The second kappa shape index (κ2) is 7.40. The molecule has 6 heteroatoms. The van der Waals surface area contributed by atoms with Crippen molar-refractivity contribution < 1.29 is 14.3 Å². The molecule has 0 aromatic heterocycles. The van der Waals surface area contributed by atoms with Gasteiger partial charge in [-0.3, -0.25) is 4.79 Å². The highest BCUT2D eigenvalue weighted by atomic mass is 16.5. The number of methoxy groups -OCH3 is 1. The Morgan fingerprint density at radius 3 is 2.75 bits per heavy atom. The van der Waals surface area contributed by atoms with Crippen molar-refractivity contribution in [1.82, 2.24) is 10.2 Å². The lowest BCUT2D eigenvalue weighted by Crippen LogP contribution is -2.53. The number of hydrogen-bond acceptors (Lipinski definition) is 5. The van der Waals surface area contributed by atoms with E-state index in [-0.39, 0.29) is 11.9 Å². The number of morpholine rings is 1. The van der Waals surface area contributed by atoms with Gasteiger partial charge in [-0.05, 0) is 48.9 Å². The first-order valence-corrected chi connectivity index (χ1v) is 8.64. The van der Waals surface area contributed by atoms with E-state index in [1.165, 1.54) is 11.1 Å². The average molecular weight is 333 g/mol. The van der Waals surface area contributed by atoms with Crippen molar-refractivity contribution in [2.45, 2.75) is 31.7 Å². The zero-order valence-electron chi connectivity index (χ0n) is 14.5. The van der Waals surface area contributed by atoms with E-state index in [1.807, 2.05) is 11.0 Å². The van der Waals surface area contributed by atoms with Crippen LogP contribution in [0.4, 0.5) is 5.69 Å². The Kier molecular flexibility index (Phi) is 5.26. The summed E-state index contributed by atoms with van der Waals surface area (Å²) in [5.41, 5.74) is 9.13. The number of amides is 1. The lowest BCUT2D eigenvalue weighted by atomic mass is 9.86. The zero-order valence-corrected chi connectivity index (χ0v) is 14.5. The number of aryl methyl sites for hydroxylation is 1. The lowest BCUT2D eigenvalue weighted by molar-refractivity contribution is -0.137. The van der Waals surface area contributed by atoms with Crippen LogP contribution in [0.1, 0.15) is 29.9 Å². The summed E-state index contributed by atoms with van der Waals surface area (Å²) in [7, 11) is 1.64. The van der Waals surface area contributed by atoms with Crippen LogP contribution >= 0.6 is 0 Å². The third-order valence-corrected chi connectivity index (χ3v) is 5.08. The largest absolute Gasteiger partial charge is 0.495 e. The monoisotopic (exact) mass is 333 g/mol. The molecule has 2 saturated heterocycles. The molecule has 0 saturated carbocycles. The van der Waals surface area contributed by atoms with Crippen molar-refractivity contribution in [1.29, 1.82) is 0 Å². The first-order chi connectivity index (χ1) is 11.6. The normalized spacial score (nSPS) is 22.4. The van der Waals surface area contributed by atoms with Crippen molar-refractivity contribution in [2.75, 3.05) is 45.7 Å². The molecular formula is C18H27N3O3. The lowest BCUT2D eigenvalue weighted by Gasteiger charge is -2.36. The van der Waals surface area contributed by atoms with Crippen LogP contribution in [-0.4, -0.2) is 56.8 Å². The Morgan fingerprint density at radius 2 is 2.12 bits per heavy atom. The molecule has 0 radical (unpaired) electrons. The number of likely N-dealkylation sites (tertiary alicyclic amines) is 1. The van der Waals surface area contributed by atoms with Gasteiger partial charge in [0.2, 0.25) is 5.91 Å². The number of carbonyl (C=O) groups excluding carboxylic acids is 1. The number of rotatable bonds is 3. The second-order valence-electron chi connectivity index (χ2n) is 6.63. The minimum absolute atomic E-state index is 0.166. The van der Waals surface area contributed by atoms with Gasteiger partial charge in [0.15, 0.2) is 0 Å². The molecule has 2 aliphatic heterocycles. The minimum atomic E-state index is -0.186. The highest BCUT2D eigenvalue weighted by Crippen LogP contribution is 2.35. The first-order valence-electron chi connectivity index (χ1n) is 8.64. The fraction of sp³-hybridized carbons (Fsp3) is 0.611. The van der Waals surface area contributed by atoms with E-state index in [1.54, 1.807) is 7.11 Å². The maximum atomic E-state index is 12.6. The molecule has 1 aromatic rings. The van der Waals surface area contributed by atoms with Crippen molar-refractivity contribution in [2.24, 2.45) is 0 Å². The van der Waals surface area contributed by atoms with Gasteiger partial charge in [-0.2, -0.15) is 0 Å². The van der Waals surface area contributed by atoms with E-state index in [9.17, 15) is 4.79 Å². The molecule has 0 bridgehead atoms. The van der Waals surface area contributed by atoms with Gasteiger partial charge in [0.25, 0.3) is 0 Å². The van der Waals surface area contributed by atoms with Crippen molar-refractivity contribution in [3.8, 4) is 5.75 Å². The molecule has 1 aromatic carbocycles. The summed E-state index contributed by atoms with van der Waals surface area (Å²) < 4.78 is 10.8. The molecule has 2 fully saturated rings. The van der Waals surface area contributed by atoms with Crippen LogP contribution in [0.25, 0.3) is 0 Å². The molecule has 6 nitrogen and oxygen atoms in total. The van der Waals surface area contributed by atoms with Gasteiger partial charge in [0.05, 0.1) is 26.0 Å². The van der Waals surface area contributed by atoms with Crippen molar-refractivity contribution in [3.05, 3.63) is 23.3 Å². The van der Waals surface area contributed by atoms with Crippen LogP contribution in [-0.2, 0) is 9.53 Å². The van der Waals surface area contributed by atoms with Crippen LogP contribution < -0.4 is 15.8 Å². The van der Waals surface area contributed by atoms with Crippen LogP contribution in [0.15, 0.2) is 12.1 Å². The molecule has 1 amide bonds. The average Bonchev–Trinajstić information content (AvgIpc) is 2.62. The maximum Gasteiger partial charge on any atom is 0.242 e. The molecule has 2 heterocycles. The summed E-state index contributed by atoms with van der Waals surface area (Å²) in [6.45, 7) is 5.57. The quantitative estimate of drug-likeness (QED) is 0.815. The minimum Gasteiger partial charge on any atom is -0.495 e. The summed E-state index contributed by atoms with van der Waals surface area (Å²) in [5, 5.41) is 3.24. The van der Waals surface area contributed by atoms with E-state index >= 15 is 0 Å². The highest BCUT2D eigenvalue weighted by Gasteiger charge is 2.30. The predicted molar refractivity (Wildman–Crippen MR) is 93.3 cm³/mol. The summed E-state index contributed by atoms with van der Waals surface area (Å²) >= 11 is 0. The molecule has 2 aliphatic rings. The summed E-state index contributed by atoms with van der Waals surface area (Å²) in [6, 6.07) is 3.85. The molecule has 3 N–H and O–H groups in total. The van der Waals surface area contributed by atoms with Gasteiger partial charge >= 0.3 is 0 Å². The molecule has 24 heavy (non-hydrogen) atoms. The second-order valence-corrected chi connectivity index (χ2v) is 6.63. The van der Waals surface area contributed by atoms with E-state index in [0.29, 0.717) is 24.8 Å². The standard InChI is InChI=1S/C18H27N3O3/c1-12-9-15(19)17(23-2)10-14(12)13-3-6-21(7-4-13)18(22)16-11-24-8-5-20-16/h9-10,13,16,20H,3-8,11,19H2,1-2H3/t16-/m1/s1. The highest BCUT2D eigenvalue weighted by molar-refractivity contribution is 5.82. The van der Waals surface area contributed by atoms with Gasteiger partial charge in [0, 0.05) is 19.6 Å². The Morgan fingerprint density at radius 1 is 1.38 bits per heavy atom. The van der Waals surface area contributed by atoms with E-state index in [0.717, 1.165) is 38.2 Å². The van der Waals surface area contributed by atoms with Crippen LogP contribution in [0.2, 0.25) is 0 Å². The Labute approximate surface area is 143 Å². The summed E-state index contributed by atoms with van der Waals surface area (Å²) in [5.74, 6) is 1.34. The smallest absolute Gasteiger partial charge is 0.242 e. The number of benzene rings is 1. The Balaban J connectivity index is 1.63. The van der Waals surface area contributed by atoms with Gasteiger partial charge in [0.1, 0.15) is 11.8 Å². The number of nitrogens with two attached hydrogens (primary N) is 1. The van der Waals surface area contributed by atoms with E-state index in [2.05, 4.69) is 18.3 Å². The molecule has 3 rings (SSSR count). The number of ether oxygens (including phenoxy) is 2. The Bertz CT molecular complexity index is 591. The van der Waals surface area contributed by atoms with Crippen LogP contribution in [0.5, 0.6) is 5.75 Å². The number of nitrogens with one attached hydrogen (secondary N) is 1. The number of piperidine rings is 1. The third kappa shape index (κ3) is 3.49. The van der Waals surface area contributed by atoms with Crippen molar-refractivity contribution in [3.63, 3.8) is 0 Å². The molecule has 1 atom stereocenters. The SMILES string of the molecule is COc1cc(C2CCN(C(=O)[C@H]3COCCN3)CC2)c(C)cc1N. The maximum absolute atomic E-state index is 12.6. The number of anilines is 1. The summed E-state index contributed by atoms with van der Waals surface area (Å²) in [6.07, 6.45) is 1.93. The topological polar surface area (TPSA) is 76.8 Å². The van der Waals surface area contributed by atoms with Gasteiger partial charge in [-0.25, -0.2) is 0 Å². The van der Waals surface area contributed by atoms with Gasteiger partial charge in [-0.1, -0.05) is 0 Å². The van der Waals surface area contributed by atoms with Gasteiger partial charge < -0.3 is 25.4 Å². The molecular weight excluding hydrogens is 306 g/mol. The van der Waals surface area contributed by atoms with Crippen LogP contribution in [0, 0.1) is 6.92 Å². The Hall–Kier alpha value is -1.79. The zero-order chi connectivity index (χ0) is 17.1. The van der Waals surface area contributed by atoms with E-state index in [4.69, 9.17) is 15.2 Å². The molecule has 0 aliphatic carbocycles. The first kappa shape index (κ1) is 17.0. The molecule has 132 valence electrons. The van der Waals surface area contributed by atoms with Gasteiger partial charge in [-0.15, -0.1) is 0 Å². The summed E-state index contributed by atoms with van der Waals surface area (Å²) in [4.78, 5) is 14.5. The van der Waals surface area contributed by atoms with Crippen molar-refractivity contribution >= 4 is 11.6 Å². The molecule has 0 spiro atoms. The third-order valence-electron chi connectivity index (χ3n) is 5.08. The van der Waals surface area contributed by atoms with Crippen LogP contribution in [0.3, 0.4) is 0 Å². The fourth-order valence-corrected chi connectivity index (χ4v) is 3.70. The van der Waals surface area contributed by atoms with E-state index < -0.39 is 0 Å².